The molecule has 3 aliphatic rings. The zero-order valence-electron chi connectivity index (χ0n) is 17.5. The van der Waals surface area contributed by atoms with Crippen molar-refractivity contribution < 1.29 is 4.74 Å². The van der Waals surface area contributed by atoms with Gasteiger partial charge < -0.3 is 19.4 Å². The van der Waals surface area contributed by atoms with Crippen molar-refractivity contribution in [1.29, 1.82) is 0 Å². The molecular weight excluding hydrogens is 346 g/mol. The average Bonchev–Trinajstić information content (AvgIpc) is 3.40. The lowest BCUT2D eigenvalue weighted by Crippen LogP contribution is -2.31. The molecule has 4 rings (SSSR count). The maximum Gasteiger partial charge on any atom is 0.119 e. The fraction of sp³-hybridized carbons (Fsp3) is 0.667. The smallest absolute Gasteiger partial charge is 0.119 e. The second-order valence-electron chi connectivity index (χ2n) is 8.64. The van der Waals surface area contributed by atoms with Crippen molar-refractivity contribution in [3.05, 3.63) is 41.7 Å². The number of likely N-dealkylation sites (tertiary alicyclic amines) is 3. The third-order valence-electron chi connectivity index (χ3n) is 6.37. The summed E-state index contributed by atoms with van der Waals surface area (Å²) in [5, 5.41) is 0. The van der Waals surface area contributed by atoms with Crippen molar-refractivity contribution in [2.24, 2.45) is 0 Å². The van der Waals surface area contributed by atoms with Crippen molar-refractivity contribution in [2.75, 3.05) is 45.9 Å². The van der Waals surface area contributed by atoms with Crippen LogP contribution in [0.1, 0.15) is 56.9 Å². The third-order valence-corrected chi connectivity index (χ3v) is 6.37. The Morgan fingerprint density at radius 2 is 1.57 bits per heavy atom. The normalized spacial score (nSPS) is 22.4. The van der Waals surface area contributed by atoms with Gasteiger partial charge in [0.15, 0.2) is 0 Å². The highest BCUT2D eigenvalue weighted by Crippen LogP contribution is 2.25. The first kappa shape index (κ1) is 19.6. The summed E-state index contributed by atoms with van der Waals surface area (Å²) in [5.41, 5.74) is 2.91. The number of hydrogen-bond donors (Lipinski definition) is 0. The molecule has 4 nitrogen and oxygen atoms in total. The molecule has 0 unspecified atom stereocenters. The predicted octanol–water partition coefficient (Wildman–Crippen LogP) is 4.47. The van der Waals surface area contributed by atoms with Crippen LogP contribution in [-0.4, -0.2) is 60.6 Å². The molecule has 3 saturated heterocycles. The number of piperidine rings is 1. The van der Waals surface area contributed by atoms with Gasteiger partial charge in [0.2, 0.25) is 0 Å². The van der Waals surface area contributed by atoms with E-state index < -0.39 is 0 Å². The van der Waals surface area contributed by atoms with E-state index in [0.717, 1.165) is 25.3 Å². The standard InChI is InChI=1S/C24H37N3O/c1-2-13-25(14-3-1)17-7-19-28-24-11-9-22(10-12-24)20-27-18-6-8-23(27)21-26-15-4-5-16-26/h9-12,21H,1-8,13-20H2/b23-21+. The number of rotatable bonds is 8. The molecule has 0 atom stereocenters. The number of hydrogen-bond acceptors (Lipinski definition) is 4. The fourth-order valence-electron chi connectivity index (χ4n) is 4.73. The number of allylic oxidation sites excluding steroid dienone is 1. The highest BCUT2D eigenvalue weighted by Gasteiger charge is 2.19. The maximum atomic E-state index is 5.97. The monoisotopic (exact) mass is 383 g/mol. The first-order chi connectivity index (χ1) is 13.9. The van der Waals surface area contributed by atoms with E-state index in [4.69, 9.17) is 4.74 Å². The van der Waals surface area contributed by atoms with Crippen LogP contribution in [-0.2, 0) is 6.54 Å². The number of benzene rings is 1. The minimum Gasteiger partial charge on any atom is -0.494 e. The van der Waals surface area contributed by atoms with Crippen LogP contribution in [0.4, 0.5) is 0 Å². The van der Waals surface area contributed by atoms with Crippen molar-refractivity contribution >= 4 is 0 Å². The van der Waals surface area contributed by atoms with Gasteiger partial charge in [0.05, 0.1) is 6.61 Å². The summed E-state index contributed by atoms with van der Waals surface area (Å²) in [4.78, 5) is 7.65. The van der Waals surface area contributed by atoms with Crippen LogP contribution in [0, 0.1) is 0 Å². The van der Waals surface area contributed by atoms with Crippen molar-refractivity contribution in [3.8, 4) is 5.75 Å². The summed E-state index contributed by atoms with van der Waals surface area (Å²) in [6.07, 6.45) is 12.9. The van der Waals surface area contributed by atoms with Gasteiger partial charge >= 0.3 is 0 Å². The fourth-order valence-corrected chi connectivity index (χ4v) is 4.73. The molecule has 0 radical (unpaired) electrons. The number of ether oxygens (including phenoxy) is 1. The van der Waals surface area contributed by atoms with Gasteiger partial charge in [-0.1, -0.05) is 18.6 Å². The van der Waals surface area contributed by atoms with Crippen LogP contribution in [0.15, 0.2) is 36.2 Å². The lowest BCUT2D eigenvalue weighted by molar-refractivity contribution is 0.205. The predicted molar refractivity (Wildman–Crippen MR) is 115 cm³/mol. The molecule has 3 fully saturated rings. The van der Waals surface area contributed by atoms with Crippen LogP contribution >= 0.6 is 0 Å². The molecule has 0 spiro atoms. The summed E-state index contributed by atoms with van der Waals surface area (Å²) in [5.74, 6) is 1.01. The van der Waals surface area contributed by atoms with E-state index >= 15 is 0 Å². The molecule has 0 aliphatic carbocycles. The Kier molecular flexibility index (Phi) is 7.15. The van der Waals surface area contributed by atoms with Gasteiger partial charge in [-0.15, -0.1) is 0 Å². The molecule has 154 valence electrons. The molecule has 1 aromatic rings. The zero-order chi connectivity index (χ0) is 19.0. The van der Waals surface area contributed by atoms with Crippen LogP contribution in [0.3, 0.4) is 0 Å². The largest absolute Gasteiger partial charge is 0.494 e. The third kappa shape index (κ3) is 5.66. The van der Waals surface area contributed by atoms with Gasteiger partial charge in [-0.05, 0) is 75.7 Å². The van der Waals surface area contributed by atoms with E-state index in [1.807, 2.05) is 0 Å². The van der Waals surface area contributed by atoms with Gasteiger partial charge in [0, 0.05) is 44.6 Å². The molecule has 4 heteroatoms. The Bertz CT molecular complexity index is 615. The van der Waals surface area contributed by atoms with Gasteiger partial charge in [0.25, 0.3) is 0 Å². The quantitative estimate of drug-likeness (QED) is 0.616. The molecule has 1 aromatic carbocycles. The van der Waals surface area contributed by atoms with E-state index in [1.54, 1.807) is 0 Å². The molecule has 28 heavy (non-hydrogen) atoms. The first-order valence-electron chi connectivity index (χ1n) is 11.5. The minimum atomic E-state index is 0.824. The Hall–Kier alpha value is -1.68. The summed E-state index contributed by atoms with van der Waals surface area (Å²) < 4.78 is 5.97. The summed E-state index contributed by atoms with van der Waals surface area (Å²) in [6, 6.07) is 8.78. The maximum absolute atomic E-state index is 5.97. The summed E-state index contributed by atoms with van der Waals surface area (Å²) in [6.45, 7) is 9.24. The van der Waals surface area contributed by atoms with Gasteiger partial charge in [-0.3, -0.25) is 0 Å². The van der Waals surface area contributed by atoms with Crippen LogP contribution in [0.25, 0.3) is 0 Å². The van der Waals surface area contributed by atoms with Crippen molar-refractivity contribution in [2.45, 2.75) is 57.9 Å². The van der Waals surface area contributed by atoms with E-state index in [0.29, 0.717) is 0 Å². The summed E-state index contributed by atoms with van der Waals surface area (Å²) in [7, 11) is 0. The minimum absolute atomic E-state index is 0.824. The van der Waals surface area contributed by atoms with Crippen LogP contribution < -0.4 is 4.74 Å². The summed E-state index contributed by atoms with van der Waals surface area (Å²) >= 11 is 0. The zero-order valence-corrected chi connectivity index (χ0v) is 17.5. The lowest BCUT2D eigenvalue weighted by Gasteiger charge is -2.26. The molecule has 0 aromatic heterocycles. The van der Waals surface area contributed by atoms with Gasteiger partial charge in [-0.2, -0.15) is 0 Å². The first-order valence-corrected chi connectivity index (χ1v) is 11.5. The highest BCUT2D eigenvalue weighted by molar-refractivity contribution is 5.28. The van der Waals surface area contributed by atoms with E-state index in [9.17, 15) is 0 Å². The number of nitrogens with zero attached hydrogens (tertiary/aromatic N) is 3. The molecule has 0 bridgehead atoms. The SMILES string of the molecule is C(=C1/CCCN1Cc1ccc(OCCCN2CCCCC2)cc1)/N1CCCC1. The van der Waals surface area contributed by atoms with E-state index in [1.165, 1.54) is 95.5 Å². The van der Waals surface area contributed by atoms with Crippen molar-refractivity contribution in [1.82, 2.24) is 14.7 Å². The second kappa shape index (κ2) is 10.2. The molecule has 0 saturated carbocycles. The lowest BCUT2D eigenvalue weighted by atomic mass is 10.1. The van der Waals surface area contributed by atoms with E-state index in [-0.39, 0.29) is 0 Å². The molecule has 0 N–H and O–H groups in total. The molecular formula is C24H37N3O. The van der Waals surface area contributed by atoms with Crippen molar-refractivity contribution in [3.63, 3.8) is 0 Å². The Labute approximate surface area is 171 Å². The van der Waals surface area contributed by atoms with Crippen LogP contribution in [0.5, 0.6) is 5.75 Å². The topological polar surface area (TPSA) is 19.0 Å². The second-order valence-corrected chi connectivity index (χ2v) is 8.64. The molecule has 3 aliphatic heterocycles. The van der Waals surface area contributed by atoms with Crippen LogP contribution in [0.2, 0.25) is 0 Å². The molecule has 0 amide bonds. The Morgan fingerprint density at radius 1 is 0.821 bits per heavy atom. The Balaban J connectivity index is 1.20. The Morgan fingerprint density at radius 3 is 2.36 bits per heavy atom. The highest BCUT2D eigenvalue weighted by atomic mass is 16.5. The van der Waals surface area contributed by atoms with Gasteiger partial charge in [-0.25, -0.2) is 0 Å². The molecule has 3 heterocycles. The van der Waals surface area contributed by atoms with E-state index in [2.05, 4.69) is 45.2 Å². The average molecular weight is 384 g/mol. The van der Waals surface area contributed by atoms with Gasteiger partial charge in [0.1, 0.15) is 5.75 Å².